The lowest BCUT2D eigenvalue weighted by molar-refractivity contribution is 0.356. The molecule has 0 saturated carbocycles. The molecule has 0 aliphatic rings. The Morgan fingerprint density at radius 3 is 2.52 bits per heavy atom. The molecule has 5 heteroatoms. The van der Waals surface area contributed by atoms with Crippen molar-refractivity contribution in [3.63, 3.8) is 0 Å². The molecule has 0 bridgehead atoms. The second-order valence-corrected chi connectivity index (χ2v) is 4.48. The Bertz CT molecular complexity index is 614. The van der Waals surface area contributed by atoms with E-state index in [1.165, 1.54) is 0 Å². The van der Waals surface area contributed by atoms with Gasteiger partial charge in [0.1, 0.15) is 11.6 Å². The van der Waals surface area contributed by atoms with Crippen LogP contribution in [0.1, 0.15) is 19.7 Å². The largest absolute Gasteiger partial charge is 0.493 e. The lowest BCUT2D eigenvalue weighted by Gasteiger charge is -2.13. The molecule has 5 nitrogen and oxygen atoms in total. The van der Waals surface area contributed by atoms with Gasteiger partial charge in [0.2, 0.25) is 0 Å². The molecule has 0 radical (unpaired) electrons. The van der Waals surface area contributed by atoms with Crippen LogP contribution in [0.25, 0.3) is 11.3 Å². The lowest BCUT2D eigenvalue weighted by atomic mass is 10.1. The molecule has 0 fully saturated rings. The van der Waals surface area contributed by atoms with E-state index in [2.05, 4.69) is 15.3 Å². The first-order valence-electron chi connectivity index (χ1n) is 7.06. The highest BCUT2D eigenvalue weighted by atomic mass is 16.5. The summed E-state index contributed by atoms with van der Waals surface area (Å²) in [5, 5.41) is 3.24. The summed E-state index contributed by atoms with van der Waals surface area (Å²) in [6.07, 6.45) is 0.776. The number of aryl methyl sites for hydroxylation is 1. The summed E-state index contributed by atoms with van der Waals surface area (Å²) >= 11 is 0. The van der Waals surface area contributed by atoms with E-state index >= 15 is 0 Å². The fourth-order valence-corrected chi connectivity index (χ4v) is 2.15. The van der Waals surface area contributed by atoms with E-state index in [0.29, 0.717) is 11.5 Å². The van der Waals surface area contributed by atoms with Gasteiger partial charge in [0.05, 0.1) is 19.9 Å². The zero-order valence-corrected chi connectivity index (χ0v) is 12.9. The highest BCUT2D eigenvalue weighted by molar-refractivity contribution is 5.72. The first-order chi connectivity index (χ1) is 10.2. The minimum absolute atomic E-state index is 0.684. The molecule has 0 amide bonds. The maximum Gasteiger partial charge on any atom is 0.170 e. The fraction of sp³-hybridized carbons (Fsp3) is 0.375. The van der Waals surface area contributed by atoms with Crippen LogP contribution in [0.3, 0.4) is 0 Å². The Hall–Kier alpha value is -2.30. The van der Waals surface area contributed by atoms with Crippen molar-refractivity contribution in [2.75, 3.05) is 26.1 Å². The number of nitrogens with one attached hydrogen (secondary N) is 1. The number of rotatable bonds is 6. The third kappa shape index (κ3) is 3.24. The number of aromatic nitrogens is 2. The second kappa shape index (κ2) is 6.92. The van der Waals surface area contributed by atoms with Gasteiger partial charge in [-0.15, -0.1) is 0 Å². The predicted molar refractivity (Wildman–Crippen MR) is 84.1 cm³/mol. The number of nitrogens with zero attached hydrogens (tertiary/aromatic N) is 2. The lowest BCUT2D eigenvalue weighted by Crippen LogP contribution is -2.04. The number of ether oxygens (including phenoxy) is 2. The van der Waals surface area contributed by atoms with E-state index in [1.54, 1.807) is 14.2 Å². The molecule has 1 heterocycles. The van der Waals surface area contributed by atoms with E-state index in [0.717, 1.165) is 35.9 Å². The highest BCUT2D eigenvalue weighted by Gasteiger charge is 2.14. The van der Waals surface area contributed by atoms with Crippen LogP contribution in [0.15, 0.2) is 24.3 Å². The Kier molecular flexibility index (Phi) is 4.98. The minimum atomic E-state index is 0.684. The minimum Gasteiger partial charge on any atom is -0.493 e. The zero-order chi connectivity index (χ0) is 15.2. The van der Waals surface area contributed by atoms with Gasteiger partial charge in [-0.25, -0.2) is 9.97 Å². The summed E-state index contributed by atoms with van der Waals surface area (Å²) in [5.74, 6) is 3.00. The van der Waals surface area contributed by atoms with Crippen LogP contribution in [-0.4, -0.2) is 30.7 Å². The maximum atomic E-state index is 5.49. The third-order valence-electron chi connectivity index (χ3n) is 3.13. The zero-order valence-electron chi connectivity index (χ0n) is 12.9. The average Bonchev–Trinajstić information content (AvgIpc) is 2.53. The van der Waals surface area contributed by atoms with E-state index in [1.807, 2.05) is 38.1 Å². The van der Waals surface area contributed by atoms with Crippen molar-refractivity contribution in [3.05, 3.63) is 30.1 Å². The van der Waals surface area contributed by atoms with Gasteiger partial charge in [-0.05, 0) is 19.1 Å². The van der Waals surface area contributed by atoms with E-state index in [9.17, 15) is 0 Å². The molecule has 21 heavy (non-hydrogen) atoms. The summed E-state index contributed by atoms with van der Waals surface area (Å²) in [6, 6.07) is 7.70. The first-order valence-corrected chi connectivity index (χ1v) is 7.06. The number of anilines is 1. The number of benzene rings is 1. The van der Waals surface area contributed by atoms with Gasteiger partial charge in [0, 0.05) is 24.6 Å². The van der Waals surface area contributed by atoms with Crippen LogP contribution >= 0.6 is 0 Å². The van der Waals surface area contributed by atoms with Gasteiger partial charge in [0.25, 0.3) is 0 Å². The predicted octanol–water partition coefficient (Wildman–Crippen LogP) is 3.16. The van der Waals surface area contributed by atoms with Gasteiger partial charge < -0.3 is 14.8 Å². The summed E-state index contributed by atoms with van der Waals surface area (Å²) in [7, 11) is 3.26. The topological polar surface area (TPSA) is 56.3 Å². The molecule has 0 aliphatic heterocycles. The SMILES string of the molecule is CCNc1cc(-c2cccc(OC)c2OC)nc(CC)n1. The van der Waals surface area contributed by atoms with Crippen LogP contribution in [0.5, 0.6) is 11.5 Å². The number of hydrogen-bond acceptors (Lipinski definition) is 5. The van der Waals surface area contributed by atoms with Crippen LogP contribution in [-0.2, 0) is 6.42 Å². The van der Waals surface area contributed by atoms with Crippen LogP contribution in [0, 0.1) is 0 Å². The Morgan fingerprint density at radius 1 is 1.10 bits per heavy atom. The van der Waals surface area contributed by atoms with Crippen molar-refractivity contribution >= 4 is 5.82 Å². The van der Waals surface area contributed by atoms with Gasteiger partial charge >= 0.3 is 0 Å². The van der Waals surface area contributed by atoms with Crippen molar-refractivity contribution in [1.29, 1.82) is 0 Å². The molecular weight excluding hydrogens is 266 g/mol. The van der Waals surface area contributed by atoms with Crippen LogP contribution in [0.4, 0.5) is 5.82 Å². The number of para-hydroxylation sites is 1. The maximum absolute atomic E-state index is 5.49. The van der Waals surface area contributed by atoms with E-state index in [4.69, 9.17) is 9.47 Å². The van der Waals surface area contributed by atoms with Crippen LogP contribution in [0.2, 0.25) is 0 Å². The summed E-state index contributed by atoms with van der Waals surface area (Å²) < 4.78 is 10.8. The molecule has 2 rings (SSSR count). The molecule has 1 aromatic heterocycles. The van der Waals surface area contributed by atoms with Crippen molar-refractivity contribution in [3.8, 4) is 22.8 Å². The molecule has 1 aromatic carbocycles. The van der Waals surface area contributed by atoms with E-state index < -0.39 is 0 Å². The van der Waals surface area contributed by atoms with Gasteiger partial charge in [-0.3, -0.25) is 0 Å². The van der Waals surface area contributed by atoms with Crippen molar-refractivity contribution < 1.29 is 9.47 Å². The quantitative estimate of drug-likeness (QED) is 0.884. The highest BCUT2D eigenvalue weighted by Crippen LogP contribution is 2.37. The summed E-state index contributed by atoms with van der Waals surface area (Å²) in [6.45, 7) is 4.89. The van der Waals surface area contributed by atoms with Crippen molar-refractivity contribution in [1.82, 2.24) is 9.97 Å². The van der Waals surface area contributed by atoms with Crippen molar-refractivity contribution in [2.24, 2.45) is 0 Å². The normalized spacial score (nSPS) is 10.3. The van der Waals surface area contributed by atoms with Gasteiger partial charge in [-0.2, -0.15) is 0 Å². The van der Waals surface area contributed by atoms with Crippen LogP contribution < -0.4 is 14.8 Å². The smallest absolute Gasteiger partial charge is 0.170 e. The summed E-state index contributed by atoms with van der Waals surface area (Å²) in [4.78, 5) is 9.07. The second-order valence-electron chi connectivity index (χ2n) is 4.48. The first kappa shape index (κ1) is 15.1. The fourth-order valence-electron chi connectivity index (χ4n) is 2.15. The molecule has 0 saturated heterocycles. The number of hydrogen-bond donors (Lipinski definition) is 1. The average molecular weight is 287 g/mol. The Labute approximate surface area is 125 Å². The number of methoxy groups -OCH3 is 2. The molecule has 0 spiro atoms. The van der Waals surface area contributed by atoms with Crippen molar-refractivity contribution in [2.45, 2.75) is 20.3 Å². The van der Waals surface area contributed by atoms with E-state index in [-0.39, 0.29) is 0 Å². The Morgan fingerprint density at radius 2 is 1.90 bits per heavy atom. The summed E-state index contributed by atoms with van der Waals surface area (Å²) in [5.41, 5.74) is 1.72. The third-order valence-corrected chi connectivity index (χ3v) is 3.13. The van der Waals surface area contributed by atoms with Gasteiger partial charge in [0.15, 0.2) is 11.5 Å². The molecule has 0 atom stereocenters. The molecule has 2 aromatic rings. The Balaban J connectivity index is 2.57. The molecule has 112 valence electrons. The standard InChI is InChI=1S/C16H21N3O2/c1-5-14-18-12(10-15(19-14)17-6-2)11-8-7-9-13(20-3)16(11)21-4/h7-10H,5-6H2,1-4H3,(H,17,18,19). The molecule has 1 N–H and O–H groups in total. The molecule has 0 unspecified atom stereocenters. The van der Waals surface area contributed by atoms with Gasteiger partial charge in [-0.1, -0.05) is 13.0 Å². The molecular formula is C16H21N3O2. The monoisotopic (exact) mass is 287 g/mol. The molecule has 0 aliphatic carbocycles.